The van der Waals surface area contributed by atoms with Crippen molar-refractivity contribution in [3.8, 4) is 0 Å². The van der Waals surface area contributed by atoms with Crippen LogP contribution in [0.25, 0.3) is 0 Å². The average molecular weight is 732 g/mol. The fourth-order valence-corrected chi connectivity index (χ4v) is 6.88. The zero-order chi connectivity index (χ0) is 32.6. The van der Waals surface area contributed by atoms with Crippen LogP contribution < -0.4 is 9.62 Å². The largest absolute Gasteiger partial charge is 0.352 e. The lowest BCUT2D eigenvalue weighted by molar-refractivity contribution is -0.140. The van der Waals surface area contributed by atoms with Crippen molar-refractivity contribution in [2.24, 2.45) is 0 Å². The van der Waals surface area contributed by atoms with Crippen LogP contribution in [0.2, 0.25) is 10.0 Å². The lowest BCUT2D eigenvalue weighted by Crippen LogP contribution is -2.54. The van der Waals surface area contributed by atoms with Gasteiger partial charge in [0.05, 0.1) is 20.6 Å². The van der Waals surface area contributed by atoms with Crippen LogP contribution in [0.15, 0.2) is 112 Å². The van der Waals surface area contributed by atoms with Gasteiger partial charge in [0.15, 0.2) is 0 Å². The molecular formula is C34H34BrCl2N3O4S. The summed E-state index contributed by atoms with van der Waals surface area (Å²) in [6.45, 7) is 3.33. The van der Waals surface area contributed by atoms with Gasteiger partial charge in [-0.2, -0.15) is 0 Å². The number of carbonyl (C=O) groups is 2. The van der Waals surface area contributed by atoms with E-state index in [9.17, 15) is 18.0 Å². The van der Waals surface area contributed by atoms with E-state index in [1.165, 1.54) is 35.2 Å². The zero-order valence-electron chi connectivity index (χ0n) is 24.9. The van der Waals surface area contributed by atoms with Crippen molar-refractivity contribution in [3.05, 3.63) is 129 Å². The molecule has 236 valence electrons. The number of amides is 2. The second-order valence-electron chi connectivity index (χ2n) is 10.6. The van der Waals surface area contributed by atoms with E-state index < -0.39 is 28.5 Å². The van der Waals surface area contributed by atoms with Gasteiger partial charge in [-0.1, -0.05) is 107 Å². The van der Waals surface area contributed by atoms with Gasteiger partial charge in [-0.25, -0.2) is 8.42 Å². The van der Waals surface area contributed by atoms with Gasteiger partial charge >= 0.3 is 0 Å². The molecule has 0 aliphatic heterocycles. The van der Waals surface area contributed by atoms with Gasteiger partial charge in [-0.15, -0.1) is 0 Å². The molecule has 7 nitrogen and oxygen atoms in total. The molecule has 0 heterocycles. The van der Waals surface area contributed by atoms with Gasteiger partial charge in [0.2, 0.25) is 11.8 Å². The van der Waals surface area contributed by atoms with Gasteiger partial charge < -0.3 is 10.2 Å². The SMILES string of the molecule is CC[C@H](C)NC(=O)[C@H](Cc1ccccc1)N(Cc1cccc(Br)c1)C(=O)CN(c1ccc(Cl)c(Cl)c1)S(=O)(=O)c1ccccc1. The van der Waals surface area contributed by atoms with E-state index in [1.54, 1.807) is 18.2 Å². The van der Waals surface area contributed by atoms with Crippen LogP contribution in [0, 0.1) is 0 Å². The minimum atomic E-state index is -4.24. The Balaban J connectivity index is 1.82. The monoisotopic (exact) mass is 729 g/mol. The fraction of sp³-hybridized carbons (Fsp3) is 0.235. The number of hydrogen-bond donors (Lipinski definition) is 1. The van der Waals surface area contributed by atoms with E-state index >= 15 is 0 Å². The van der Waals surface area contributed by atoms with Crippen molar-refractivity contribution in [1.82, 2.24) is 10.2 Å². The number of benzene rings is 4. The predicted molar refractivity (Wildman–Crippen MR) is 184 cm³/mol. The smallest absolute Gasteiger partial charge is 0.264 e. The maximum atomic E-state index is 14.5. The Labute approximate surface area is 283 Å². The number of halogens is 3. The van der Waals surface area contributed by atoms with Crippen molar-refractivity contribution in [1.29, 1.82) is 0 Å². The molecule has 45 heavy (non-hydrogen) atoms. The van der Waals surface area contributed by atoms with Gasteiger partial charge in [-0.3, -0.25) is 13.9 Å². The lowest BCUT2D eigenvalue weighted by Gasteiger charge is -2.34. The normalized spacial score (nSPS) is 12.6. The Morgan fingerprint density at radius 2 is 1.49 bits per heavy atom. The summed E-state index contributed by atoms with van der Waals surface area (Å²) in [5.41, 5.74) is 1.78. The number of carbonyl (C=O) groups excluding carboxylic acids is 2. The molecule has 0 saturated heterocycles. The van der Waals surface area contributed by atoms with Crippen LogP contribution in [0.1, 0.15) is 31.4 Å². The third-order valence-electron chi connectivity index (χ3n) is 7.32. The van der Waals surface area contributed by atoms with Crippen molar-refractivity contribution < 1.29 is 18.0 Å². The van der Waals surface area contributed by atoms with E-state index in [1.807, 2.05) is 68.4 Å². The second kappa shape index (κ2) is 15.8. The molecule has 0 radical (unpaired) electrons. The van der Waals surface area contributed by atoms with Crippen LogP contribution in [-0.2, 0) is 32.6 Å². The summed E-state index contributed by atoms with van der Waals surface area (Å²) < 4.78 is 29.9. The minimum absolute atomic E-state index is 0.00207. The van der Waals surface area contributed by atoms with E-state index in [-0.39, 0.29) is 45.5 Å². The lowest BCUT2D eigenvalue weighted by atomic mass is 10.0. The topological polar surface area (TPSA) is 86.8 Å². The Morgan fingerprint density at radius 1 is 0.844 bits per heavy atom. The quantitative estimate of drug-likeness (QED) is 0.154. The molecule has 4 aromatic carbocycles. The number of nitrogens with one attached hydrogen (secondary N) is 1. The molecule has 0 saturated carbocycles. The summed E-state index contributed by atoms with van der Waals surface area (Å²) >= 11 is 16.0. The molecule has 0 unspecified atom stereocenters. The van der Waals surface area contributed by atoms with E-state index in [0.29, 0.717) is 6.42 Å². The average Bonchev–Trinajstić information content (AvgIpc) is 3.03. The van der Waals surface area contributed by atoms with Crippen molar-refractivity contribution >= 4 is 66.7 Å². The highest BCUT2D eigenvalue weighted by Crippen LogP contribution is 2.31. The van der Waals surface area contributed by atoms with Crippen molar-refractivity contribution in [2.45, 2.75) is 50.2 Å². The summed E-state index contributed by atoms with van der Waals surface area (Å²) in [4.78, 5) is 29.9. The number of nitrogens with zero attached hydrogens (tertiary/aromatic N) is 2. The summed E-state index contributed by atoms with van der Waals surface area (Å²) in [6.07, 6.45) is 0.921. The second-order valence-corrected chi connectivity index (χ2v) is 14.2. The van der Waals surface area contributed by atoms with E-state index in [4.69, 9.17) is 23.2 Å². The number of anilines is 1. The third-order valence-corrected chi connectivity index (χ3v) is 10.3. The molecule has 2 atom stereocenters. The molecule has 0 aromatic heterocycles. The minimum Gasteiger partial charge on any atom is -0.352 e. The maximum absolute atomic E-state index is 14.5. The maximum Gasteiger partial charge on any atom is 0.264 e. The van der Waals surface area contributed by atoms with Gasteiger partial charge in [0.1, 0.15) is 12.6 Å². The standard InChI is InChI=1S/C34H34BrCl2N3O4S/c1-3-24(2)38-34(42)32(20-25-11-6-4-7-12-25)39(22-26-13-10-14-27(35)19-26)33(41)23-40(28-17-18-30(36)31(37)21-28)45(43,44)29-15-8-5-9-16-29/h4-19,21,24,32H,3,20,22-23H2,1-2H3,(H,38,42)/t24-,32-/m0/s1. The zero-order valence-corrected chi connectivity index (χ0v) is 28.8. The van der Waals surface area contributed by atoms with E-state index in [2.05, 4.69) is 21.2 Å². The molecule has 4 aromatic rings. The van der Waals surface area contributed by atoms with Gasteiger partial charge in [0, 0.05) is 23.5 Å². The first kappa shape index (κ1) is 34.5. The Bertz CT molecular complexity index is 1730. The van der Waals surface area contributed by atoms with E-state index in [0.717, 1.165) is 19.9 Å². The molecule has 0 aliphatic carbocycles. The molecule has 0 bridgehead atoms. The summed E-state index contributed by atoms with van der Waals surface area (Å²) in [5, 5.41) is 3.41. The first-order valence-electron chi connectivity index (χ1n) is 14.4. The number of hydrogen-bond acceptors (Lipinski definition) is 4. The molecule has 0 aliphatic rings. The first-order chi connectivity index (χ1) is 21.5. The van der Waals surface area contributed by atoms with Crippen LogP contribution in [0.5, 0.6) is 0 Å². The Kier molecular flexibility index (Phi) is 12.1. The highest BCUT2D eigenvalue weighted by Gasteiger charge is 2.35. The predicted octanol–water partition coefficient (Wildman–Crippen LogP) is 7.51. The summed E-state index contributed by atoms with van der Waals surface area (Å²) in [6, 6.07) is 28.0. The van der Waals surface area contributed by atoms with Crippen LogP contribution in [0.3, 0.4) is 0 Å². The van der Waals surface area contributed by atoms with Crippen molar-refractivity contribution in [2.75, 3.05) is 10.8 Å². The molecule has 0 fully saturated rings. The molecule has 1 N–H and O–H groups in total. The number of rotatable bonds is 13. The van der Waals surface area contributed by atoms with Crippen LogP contribution >= 0.6 is 39.1 Å². The molecule has 11 heteroatoms. The first-order valence-corrected chi connectivity index (χ1v) is 17.4. The van der Waals surface area contributed by atoms with Gasteiger partial charge in [0.25, 0.3) is 10.0 Å². The van der Waals surface area contributed by atoms with Crippen molar-refractivity contribution in [3.63, 3.8) is 0 Å². The van der Waals surface area contributed by atoms with Crippen LogP contribution in [-0.4, -0.2) is 43.8 Å². The third kappa shape index (κ3) is 9.10. The summed E-state index contributed by atoms with van der Waals surface area (Å²) in [7, 11) is -4.24. The molecular weight excluding hydrogens is 697 g/mol. The highest BCUT2D eigenvalue weighted by molar-refractivity contribution is 9.10. The molecule has 0 spiro atoms. The molecule has 4 rings (SSSR count). The highest BCUT2D eigenvalue weighted by atomic mass is 79.9. The summed E-state index contributed by atoms with van der Waals surface area (Å²) in [5.74, 6) is -0.899. The molecule has 2 amide bonds. The Morgan fingerprint density at radius 3 is 2.11 bits per heavy atom. The Hall–Kier alpha value is -3.37. The fourth-order valence-electron chi connectivity index (χ4n) is 4.72. The van der Waals surface area contributed by atoms with Crippen LogP contribution in [0.4, 0.5) is 5.69 Å². The number of sulfonamides is 1. The van der Waals surface area contributed by atoms with Gasteiger partial charge in [-0.05, 0) is 66.9 Å².